The van der Waals surface area contributed by atoms with Crippen LogP contribution in [0.25, 0.3) is 22.3 Å². The minimum Gasteiger partial charge on any atom is -0.493 e. The molecule has 38 heavy (non-hydrogen) atoms. The first-order valence-corrected chi connectivity index (χ1v) is 13.3. The van der Waals surface area contributed by atoms with Crippen molar-refractivity contribution in [2.24, 2.45) is 0 Å². The number of methoxy groups -OCH3 is 3. The van der Waals surface area contributed by atoms with Gasteiger partial charge in [-0.05, 0) is 30.4 Å². The summed E-state index contributed by atoms with van der Waals surface area (Å²) < 4.78 is 18.0. The standard InChI is InChI=1S/C25H32N8O4S/c1-6-8-26-22-16-14-28-33(23(16)30-25(29-22)38-7-2)10-9-27-24(34)18-13-17(31-32-18)15-11-19(35-3)21(37-5)20(12-15)36-4/h11-14H,6-10H2,1-5H3,(H,27,34)(H,31,32)(H,26,29,30). The van der Waals surface area contributed by atoms with Crippen LogP contribution in [0.1, 0.15) is 30.8 Å². The Morgan fingerprint density at radius 2 is 1.82 bits per heavy atom. The van der Waals surface area contributed by atoms with Gasteiger partial charge in [0.1, 0.15) is 11.5 Å². The Morgan fingerprint density at radius 3 is 2.47 bits per heavy atom. The lowest BCUT2D eigenvalue weighted by Crippen LogP contribution is -2.27. The van der Waals surface area contributed by atoms with Gasteiger partial charge in [0.25, 0.3) is 5.91 Å². The van der Waals surface area contributed by atoms with E-state index in [-0.39, 0.29) is 5.91 Å². The van der Waals surface area contributed by atoms with E-state index in [2.05, 4.69) is 49.7 Å². The topological polar surface area (TPSA) is 141 Å². The molecule has 0 radical (unpaired) electrons. The SMILES string of the molecule is CCCNc1nc(SCC)nc2c1cnn2CCNC(=O)c1cc(-c2cc(OC)c(OC)c(OC)c2)n[nH]1. The molecule has 3 N–H and O–H groups in total. The van der Waals surface area contributed by atoms with Gasteiger partial charge in [0, 0.05) is 18.7 Å². The molecule has 0 bridgehead atoms. The highest BCUT2D eigenvalue weighted by Gasteiger charge is 2.18. The fourth-order valence-electron chi connectivity index (χ4n) is 3.86. The molecular weight excluding hydrogens is 508 g/mol. The number of amides is 1. The number of benzene rings is 1. The van der Waals surface area contributed by atoms with Gasteiger partial charge in [0.15, 0.2) is 22.3 Å². The molecule has 0 fully saturated rings. The molecule has 3 aromatic heterocycles. The van der Waals surface area contributed by atoms with Crippen molar-refractivity contribution in [3.05, 3.63) is 30.1 Å². The number of rotatable bonds is 13. The first-order valence-electron chi connectivity index (χ1n) is 12.3. The highest BCUT2D eigenvalue weighted by atomic mass is 32.2. The number of thioether (sulfide) groups is 1. The van der Waals surface area contributed by atoms with Crippen LogP contribution in [0.5, 0.6) is 17.2 Å². The summed E-state index contributed by atoms with van der Waals surface area (Å²) in [5, 5.41) is 19.4. The van der Waals surface area contributed by atoms with Crippen LogP contribution < -0.4 is 24.8 Å². The molecule has 4 rings (SSSR count). The van der Waals surface area contributed by atoms with E-state index < -0.39 is 0 Å². The molecule has 0 atom stereocenters. The molecule has 0 aliphatic rings. The Labute approximate surface area is 224 Å². The van der Waals surface area contributed by atoms with Crippen molar-refractivity contribution in [2.45, 2.75) is 32.0 Å². The summed E-state index contributed by atoms with van der Waals surface area (Å²) in [6.45, 7) is 5.78. The number of carbonyl (C=O) groups excluding carboxylic acids is 1. The van der Waals surface area contributed by atoms with Crippen LogP contribution in [0.4, 0.5) is 5.82 Å². The van der Waals surface area contributed by atoms with Crippen molar-refractivity contribution < 1.29 is 19.0 Å². The number of hydrogen-bond donors (Lipinski definition) is 3. The maximum absolute atomic E-state index is 12.8. The van der Waals surface area contributed by atoms with Gasteiger partial charge in [-0.2, -0.15) is 10.2 Å². The molecule has 202 valence electrons. The summed E-state index contributed by atoms with van der Waals surface area (Å²) in [6, 6.07) is 5.23. The molecule has 0 saturated heterocycles. The van der Waals surface area contributed by atoms with Gasteiger partial charge in [-0.25, -0.2) is 14.6 Å². The second-order valence-electron chi connectivity index (χ2n) is 8.16. The highest BCUT2D eigenvalue weighted by Crippen LogP contribution is 2.40. The predicted molar refractivity (Wildman–Crippen MR) is 147 cm³/mol. The number of carbonyl (C=O) groups is 1. The Kier molecular flexibility index (Phi) is 8.89. The zero-order chi connectivity index (χ0) is 27.1. The molecule has 0 aliphatic carbocycles. The van der Waals surface area contributed by atoms with E-state index in [4.69, 9.17) is 14.2 Å². The van der Waals surface area contributed by atoms with Crippen LogP contribution in [-0.4, -0.2) is 76.0 Å². The number of nitrogens with zero attached hydrogens (tertiary/aromatic N) is 5. The smallest absolute Gasteiger partial charge is 0.269 e. The molecule has 1 aromatic carbocycles. The molecule has 0 aliphatic heterocycles. The largest absolute Gasteiger partial charge is 0.493 e. The monoisotopic (exact) mass is 540 g/mol. The van der Waals surface area contributed by atoms with E-state index in [0.29, 0.717) is 52.4 Å². The molecule has 3 heterocycles. The van der Waals surface area contributed by atoms with Crippen molar-refractivity contribution >= 4 is 34.5 Å². The number of aromatic nitrogens is 6. The van der Waals surface area contributed by atoms with Gasteiger partial charge in [-0.3, -0.25) is 9.89 Å². The van der Waals surface area contributed by atoms with E-state index in [0.717, 1.165) is 35.6 Å². The van der Waals surface area contributed by atoms with Crippen molar-refractivity contribution in [2.75, 3.05) is 45.5 Å². The Bertz CT molecular complexity index is 1380. The molecular formula is C25H32N8O4S. The molecule has 0 spiro atoms. The van der Waals surface area contributed by atoms with Crippen molar-refractivity contribution in [3.63, 3.8) is 0 Å². The Morgan fingerprint density at radius 1 is 1.05 bits per heavy atom. The third-order valence-electron chi connectivity index (χ3n) is 5.68. The lowest BCUT2D eigenvalue weighted by Gasteiger charge is -2.13. The van der Waals surface area contributed by atoms with E-state index in [1.54, 1.807) is 62.2 Å². The summed E-state index contributed by atoms with van der Waals surface area (Å²) in [4.78, 5) is 22.1. The van der Waals surface area contributed by atoms with Crippen molar-refractivity contribution in [1.82, 2.24) is 35.3 Å². The summed E-state index contributed by atoms with van der Waals surface area (Å²) in [7, 11) is 4.64. The van der Waals surface area contributed by atoms with Crippen LogP contribution in [0.3, 0.4) is 0 Å². The number of ether oxygens (including phenoxy) is 3. The van der Waals surface area contributed by atoms with E-state index in [1.165, 1.54) is 0 Å². The molecule has 1 amide bonds. The number of hydrogen-bond acceptors (Lipinski definition) is 10. The Balaban J connectivity index is 1.46. The van der Waals surface area contributed by atoms with E-state index in [1.807, 2.05) is 0 Å². The fourth-order valence-corrected chi connectivity index (χ4v) is 4.42. The average Bonchev–Trinajstić information content (AvgIpc) is 3.59. The van der Waals surface area contributed by atoms with Gasteiger partial charge >= 0.3 is 0 Å². The first-order chi connectivity index (χ1) is 18.5. The Hall–Kier alpha value is -4.00. The first kappa shape index (κ1) is 27.0. The number of anilines is 1. The predicted octanol–water partition coefficient (Wildman–Crippen LogP) is 3.61. The van der Waals surface area contributed by atoms with Crippen LogP contribution >= 0.6 is 11.8 Å². The van der Waals surface area contributed by atoms with Gasteiger partial charge in [0.2, 0.25) is 5.75 Å². The van der Waals surface area contributed by atoms with E-state index in [9.17, 15) is 4.79 Å². The molecule has 0 saturated carbocycles. The van der Waals surface area contributed by atoms with Crippen LogP contribution in [0.15, 0.2) is 29.6 Å². The fraction of sp³-hybridized carbons (Fsp3) is 0.400. The van der Waals surface area contributed by atoms with Crippen molar-refractivity contribution in [1.29, 1.82) is 0 Å². The third-order valence-corrected chi connectivity index (χ3v) is 6.41. The second kappa shape index (κ2) is 12.5. The number of fused-ring (bicyclic) bond motifs is 1. The number of nitrogens with one attached hydrogen (secondary N) is 3. The molecule has 13 heteroatoms. The maximum atomic E-state index is 12.8. The van der Waals surface area contributed by atoms with Crippen LogP contribution in [-0.2, 0) is 6.54 Å². The lowest BCUT2D eigenvalue weighted by molar-refractivity contribution is 0.0947. The van der Waals surface area contributed by atoms with Gasteiger partial charge in [-0.1, -0.05) is 25.6 Å². The molecule has 4 aromatic rings. The normalized spacial score (nSPS) is 11.0. The molecule has 0 unspecified atom stereocenters. The highest BCUT2D eigenvalue weighted by molar-refractivity contribution is 7.99. The summed E-state index contributed by atoms with van der Waals surface area (Å²) >= 11 is 1.58. The summed E-state index contributed by atoms with van der Waals surface area (Å²) in [5.41, 5.74) is 2.34. The van der Waals surface area contributed by atoms with Gasteiger partial charge in [0.05, 0.1) is 45.2 Å². The molecule has 12 nitrogen and oxygen atoms in total. The average molecular weight is 541 g/mol. The zero-order valence-corrected chi connectivity index (χ0v) is 22.9. The quantitative estimate of drug-likeness (QED) is 0.170. The van der Waals surface area contributed by atoms with Crippen LogP contribution in [0, 0.1) is 0 Å². The summed E-state index contributed by atoms with van der Waals surface area (Å²) in [5.74, 6) is 2.84. The lowest BCUT2D eigenvalue weighted by atomic mass is 10.1. The van der Waals surface area contributed by atoms with Gasteiger partial charge in [-0.15, -0.1) is 0 Å². The minimum absolute atomic E-state index is 0.283. The third kappa shape index (κ3) is 5.77. The second-order valence-corrected chi connectivity index (χ2v) is 9.39. The zero-order valence-electron chi connectivity index (χ0n) is 22.1. The number of aromatic amines is 1. The van der Waals surface area contributed by atoms with Crippen LogP contribution in [0.2, 0.25) is 0 Å². The van der Waals surface area contributed by atoms with Crippen molar-refractivity contribution in [3.8, 4) is 28.5 Å². The minimum atomic E-state index is -0.283. The summed E-state index contributed by atoms with van der Waals surface area (Å²) in [6.07, 6.45) is 2.74. The van der Waals surface area contributed by atoms with E-state index >= 15 is 0 Å². The number of H-pyrrole nitrogens is 1. The van der Waals surface area contributed by atoms with Gasteiger partial charge < -0.3 is 24.8 Å². The maximum Gasteiger partial charge on any atom is 0.269 e.